The van der Waals surface area contributed by atoms with Crippen LogP contribution in [0.3, 0.4) is 0 Å². The topological polar surface area (TPSA) is 28.8 Å². The zero-order chi connectivity index (χ0) is 100. The third-order valence-electron chi connectivity index (χ3n) is 32.9. The molecule has 2 atom stereocenters. The fraction of sp³-hybridized carbons (Fsp3) is 0.119. The highest BCUT2D eigenvalue weighted by atomic mass is 16.5. The Balaban J connectivity index is 0.509. The van der Waals surface area contributed by atoms with Crippen molar-refractivity contribution >= 4 is 94.8 Å². The molecule has 0 bridgehead atoms. The van der Waals surface area contributed by atoms with Crippen LogP contribution < -0.4 is 14.7 Å². The molecule has 0 saturated heterocycles. The summed E-state index contributed by atoms with van der Waals surface area (Å²) >= 11 is 0. The molecule has 6 nitrogen and oxygen atoms in total. The summed E-state index contributed by atoms with van der Waals surface area (Å²) in [4.78, 5) is 7.30. The van der Waals surface area contributed by atoms with E-state index in [1.165, 1.54) is 161 Å². The van der Waals surface area contributed by atoms with Crippen LogP contribution in [0.2, 0.25) is 0 Å². The largest absolute Gasteiger partial charge is 0.380 e. The number of benzene rings is 21. The van der Waals surface area contributed by atoms with Crippen LogP contribution >= 0.6 is 0 Å². The average Bonchev–Trinajstić information content (AvgIpc) is 1.57. The molecule has 0 saturated carbocycles. The maximum absolute atomic E-state index is 5.65. The van der Waals surface area contributed by atoms with Crippen molar-refractivity contribution in [3.05, 3.63) is 535 Å². The highest BCUT2D eigenvalue weighted by Gasteiger charge is 2.40. The van der Waals surface area contributed by atoms with Gasteiger partial charge in [0.05, 0.1) is 28.7 Å². The molecule has 0 radical (unpaired) electrons. The van der Waals surface area contributed by atoms with Crippen molar-refractivity contribution in [3.63, 3.8) is 0 Å². The highest BCUT2D eigenvalue weighted by molar-refractivity contribution is 6.13. The number of hydrogen-bond acceptors (Lipinski definition) is 4. The fourth-order valence-corrected chi connectivity index (χ4v) is 24.9. The Morgan fingerprint density at radius 2 is 0.503 bits per heavy atom. The molecular weight excluding hydrogens is 1800 g/mol. The zero-order valence-electron chi connectivity index (χ0n) is 85.6. The summed E-state index contributed by atoms with van der Waals surface area (Å²) in [6, 6.07) is 182. The van der Waals surface area contributed by atoms with Crippen LogP contribution in [0, 0.1) is 0 Å². The Bertz CT molecular complexity index is 8780. The summed E-state index contributed by atoms with van der Waals surface area (Å²) in [5.74, 6) is 0.652. The smallest absolute Gasteiger partial charge is 0.0713 e. The Labute approximate surface area is 874 Å². The predicted octanol–water partition coefficient (Wildman–Crippen LogP) is 39.0. The first-order chi connectivity index (χ1) is 72.9. The third-order valence-corrected chi connectivity index (χ3v) is 32.9. The number of fused-ring (bicyclic) bond motifs is 15. The number of methoxy groups -OCH3 is 1. The van der Waals surface area contributed by atoms with Crippen LogP contribution in [0.1, 0.15) is 130 Å². The third kappa shape index (κ3) is 16.0. The second-order valence-electron chi connectivity index (χ2n) is 42.7. The summed E-state index contributed by atoms with van der Waals surface area (Å²) < 4.78 is 10.5. The molecule has 23 aromatic rings. The predicted molar refractivity (Wildman–Crippen MR) is 628 cm³/mol. The van der Waals surface area contributed by atoms with E-state index in [0.717, 1.165) is 109 Å². The lowest BCUT2D eigenvalue weighted by Gasteiger charge is -2.28. The van der Waals surface area contributed by atoms with Gasteiger partial charge in [0, 0.05) is 107 Å². The first kappa shape index (κ1) is 91.5. The molecule has 3 aliphatic carbocycles. The number of rotatable bonds is 24. The van der Waals surface area contributed by atoms with Gasteiger partial charge in [-0.15, -0.1) is 0 Å². The van der Waals surface area contributed by atoms with E-state index in [0.29, 0.717) is 18.4 Å². The van der Waals surface area contributed by atoms with Crippen LogP contribution in [-0.4, -0.2) is 16.2 Å². The average molecular weight is 1920 g/mol. The minimum absolute atomic E-state index is 0.166. The Hall–Kier alpha value is -17.4. The molecule has 149 heavy (non-hydrogen) atoms. The highest BCUT2D eigenvalue weighted by Crippen LogP contribution is 2.57. The number of anilines is 9. The van der Waals surface area contributed by atoms with Gasteiger partial charge < -0.3 is 28.6 Å². The second-order valence-corrected chi connectivity index (χ2v) is 42.7. The van der Waals surface area contributed by atoms with Gasteiger partial charge in [-0.1, -0.05) is 365 Å². The minimum Gasteiger partial charge on any atom is -0.380 e. The van der Waals surface area contributed by atoms with E-state index in [4.69, 9.17) is 4.74 Å². The second kappa shape index (κ2) is 37.0. The molecule has 0 spiro atoms. The van der Waals surface area contributed by atoms with E-state index in [9.17, 15) is 0 Å². The van der Waals surface area contributed by atoms with E-state index >= 15 is 0 Å². The molecule has 0 fully saturated rings. The first-order valence-electron chi connectivity index (χ1n) is 52.7. The number of aromatic nitrogens is 2. The van der Waals surface area contributed by atoms with E-state index < -0.39 is 0 Å². The minimum atomic E-state index is -0.226. The van der Waals surface area contributed by atoms with Gasteiger partial charge in [-0.2, -0.15) is 0 Å². The van der Waals surface area contributed by atoms with Gasteiger partial charge in [0.2, 0.25) is 0 Å². The quantitative estimate of drug-likeness (QED) is 0.0603. The van der Waals surface area contributed by atoms with E-state index in [2.05, 4.69) is 565 Å². The Morgan fingerprint density at radius 3 is 0.886 bits per heavy atom. The van der Waals surface area contributed by atoms with Crippen molar-refractivity contribution < 1.29 is 4.74 Å². The standard InChI is InChI=1S/C143H115N5O/c1-10-95(99-39-41-100(42-40-99)103-49-66-113(67-50-103)146(120-76-80-126-123-77-38-94(92-149-9)85-133(123)143(7,8)136(126)91-120)116-68-51-104(52-69-116)107-57-81-138-128(86-107)127-34-22-25-37-137(127)147(138)110-30-18-13-19-31-110)84-93(2)96-43-60-117(61-44-96)148-139-82-58-108(105-53-70-114(71-54-105)144(111-62-45-101(46-63-111)97-26-14-11-15-27-97)118-74-78-124-121-32-20-23-35-131(121)141(3,4)134(124)89-118)87-129(139)130-88-109(59-83-140(130)148)106-55-72-115(73-56-106)145(112-64-47-102(48-65-112)98-28-16-12-17-29-98)119-75-79-125-122-33-21-24-36-132(122)142(5,6)135(125)90-119/h11-83,85-91,93,95H,10,84,92H2,1-9H3. The molecule has 0 aliphatic heterocycles. The summed E-state index contributed by atoms with van der Waals surface area (Å²) in [5, 5.41) is 4.87. The maximum atomic E-state index is 5.65. The Kier molecular flexibility index (Phi) is 22.7. The van der Waals surface area contributed by atoms with E-state index in [1.54, 1.807) is 7.11 Å². The van der Waals surface area contributed by atoms with Crippen LogP contribution in [-0.2, 0) is 27.6 Å². The van der Waals surface area contributed by atoms with Crippen LogP contribution in [0.25, 0.3) is 155 Å². The van der Waals surface area contributed by atoms with Gasteiger partial charge in [-0.25, -0.2) is 0 Å². The lowest BCUT2D eigenvalue weighted by atomic mass is 9.82. The first-order valence-corrected chi connectivity index (χ1v) is 52.7. The molecule has 2 unspecified atom stereocenters. The molecule has 6 heteroatoms. The SMILES string of the molecule is CCC(CC(C)c1ccc(-n2c3ccc(-c4ccc(N(c5ccc(-c6ccccc6)cc5)c5ccc6c(c5)C(C)(C)c5ccccc5-6)cc4)cc3c3cc(-c4ccc(N(c5ccc(-c6ccccc6)cc5)c5ccc6c(c5)C(C)(C)c5ccccc5-6)cc4)ccc32)cc1)c1ccc(-c2ccc(N(c3ccc(-c4ccc5c(c4)c4ccccc4n5-c4ccccc4)cc3)c3ccc4c(c3)C(C)(C)c3cc(COC)ccc3-4)cc2)cc1. The number of nitrogens with zero attached hydrogens (tertiary/aromatic N) is 5. The monoisotopic (exact) mass is 1920 g/mol. The van der Waals surface area contributed by atoms with Crippen LogP contribution in [0.15, 0.2) is 485 Å². The molecule has 2 aromatic heterocycles. The van der Waals surface area contributed by atoms with Gasteiger partial charge in [0.25, 0.3) is 0 Å². The molecule has 3 aliphatic rings. The van der Waals surface area contributed by atoms with Crippen LogP contribution in [0.5, 0.6) is 0 Å². The Morgan fingerprint density at radius 1 is 0.228 bits per heavy atom. The molecule has 718 valence electrons. The van der Waals surface area contributed by atoms with Gasteiger partial charge in [-0.05, 0) is 351 Å². The molecular formula is C143H115N5O. The van der Waals surface area contributed by atoms with Crippen molar-refractivity contribution in [2.24, 2.45) is 0 Å². The van der Waals surface area contributed by atoms with Gasteiger partial charge >= 0.3 is 0 Å². The zero-order valence-corrected chi connectivity index (χ0v) is 85.6. The summed E-state index contributed by atoms with van der Waals surface area (Å²) in [5.41, 5.74) is 50.2. The normalized spacial score (nSPS) is 13.6. The van der Waals surface area contributed by atoms with E-state index in [-0.39, 0.29) is 16.2 Å². The maximum Gasteiger partial charge on any atom is 0.0713 e. The van der Waals surface area contributed by atoms with Gasteiger partial charge in [-0.3, -0.25) is 0 Å². The number of ether oxygens (including phenoxy) is 1. The van der Waals surface area contributed by atoms with Crippen molar-refractivity contribution in [2.45, 2.75) is 103 Å². The van der Waals surface area contributed by atoms with Crippen LogP contribution in [0.4, 0.5) is 51.2 Å². The molecule has 26 rings (SSSR count). The summed E-state index contributed by atoms with van der Waals surface area (Å²) in [6.07, 6.45) is 2.05. The molecule has 0 N–H and O–H groups in total. The number of hydrogen-bond donors (Lipinski definition) is 0. The van der Waals surface area contributed by atoms with Crippen molar-refractivity contribution in [3.8, 4) is 112 Å². The van der Waals surface area contributed by atoms with Gasteiger partial charge in [0.15, 0.2) is 0 Å². The lowest BCUT2D eigenvalue weighted by Crippen LogP contribution is -2.17. The van der Waals surface area contributed by atoms with Gasteiger partial charge in [0.1, 0.15) is 0 Å². The fourth-order valence-electron chi connectivity index (χ4n) is 24.9. The number of para-hydroxylation sites is 2. The molecule has 2 heterocycles. The summed E-state index contributed by atoms with van der Waals surface area (Å²) in [7, 11) is 1.78. The van der Waals surface area contributed by atoms with Crippen molar-refractivity contribution in [1.29, 1.82) is 0 Å². The van der Waals surface area contributed by atoms with E-state index in [1.807, 2.05) is 0 Å². The molecule has 0 amide bonds. The lowest BCUT2D eigenvalue weighted by molar-refractivity contribution is 0.185. The van der Waals surface area contributed by atoms with Crippen molar-refractivity contribution in [2.75, 3.05) is 21.8 Å². The molecule has 21 aromatic carbocycles. The summed E-state index contributed by atoms with van der Waals surface area (Å²) in [6.45, 7) is 19.6. The van der Waals surface area contributed by atoms with Crippen molar-refractivity contribution in [1.82, 2.24) is 9.13 Å².